The third-order valence-electron chi connectivity index (χ3n) is 7.18. The molecule has 2 fully saturated rings. The molecule has 0 spiro atoms. The number of nitro groups is 1. The van der Waals surface area contributed by atoms with E-state index < -0.39 is 22.4 Å². The second kappa shape index (κ2) is 11.9. The highest BCUT2D eigenvalue weighted by Gasteiger charge is 2.38. The average Bonchev–Trinajstić information content (AvgIpc) is 2.88. The van der Waals surface area contributed by atoms with Gasteiger partial charge in [0.05, 0.1) is 4.92 Å². The number of hydrogen-bond donors (Lipinski definition) is 1. The Bertz CT molecular complexity index is 1200. The maximum absolute atomic E-state index is 13.3. The summed E-state index contributed by atoms with van der Waals surface area (Å²) in [6.45, 7) is 8.88. The number of nitrogens with one attached hydrogen (secondary N) is 1. The lowest BCUT2D eigenvalue weighted by Crippen LogP contribution is -2.49. The molecule has 2 heterocycles. The lowest BCUT2D eigenvalue weighted by Gasteiger charge is -2.36. The number of anilines is 2. The summed E-state index contributed by atoms with van der Waals surface area (Å²) in [4.78, 5) is 31.3. The van der Waals surface area contributed by atoms with Gasteiger partial charge in [0.15, 0.2) is 0 Å². The zero-order valence-corrected chi connectivity index (χ0v) is 23.0. The van der Waals surface area contributed by atoms with E-state index in [1.165, 1.54) is 6.07 Å². The maximum atomic E-state index is 13.3. The molecule has 1 aliphatic heterocycles. The Hall–Kier alpha value is -3.57. The molecular formula is C28H36F3N5O4. The van der Waals surface area contributed by atoms with Gasteiger partial charge in [-0.3, -0.25) is 14.9 Å². The first-order valence-electron chi connectivity index (χ1n) is 13.6. The van der Waals surface area contributed by atoms with Crippen LogP contribution >= 0.6 is 0 Å². The molecule has 1 saturated heterocycles. The molecule has 9 nitrogen and oxygen atoms in total. The summed E-state index contributed by atoms with van der Waals surface area (Å²) in [6.07, 6.45) is -1.64. The quantitative estimate of drug-likeness (QED) is 0.331. The van der Waals surface area contributed by atoms with E-state index >= 15 is 0 Å². The molecule has 1 aromatic carbocycles. The van der Waals surface area contributed by atoms with Gasteiger partial charge < -0.3 is 19.9 Å². The van der Waals surface area contributed by atoms with Crippen molar-refractivity contribution in [1.82, 2.24) is 9.88 Å². The zero-order valence-electron chi connectivity index (χ0n) is 23.0. The molecule has 2 aromatic rings. The van der Waals surface area contributed by atoms with Crippen molar-refractivity contribution in [3.63, 3.8) is 0 Å². The molecule has 4 rings (SSSR count). The largest absolute Gasteiger partial charge is 0.474 e. The monoisotopic (exact) mass is 563 g/mol. The number of ether oxygens (including phenoxy) is 1. The van der Waals surface area contributed by atoms with Crippen LogP contribution in [-0.2, 0) is 11.0 Å². The number of nitrogens with zero attached hydrogens (tertiary/aromatic N) is 4. The van der Waals surface area contributed by atoms with E-state index in [-0.39, 0.29) is 29.2 Å². The lowest BCUT2D eigenvalue weighted by atomic mass is 9.91. The minimum Gasteiger partial charge on any atom is -0.474 e. The molecule has 12 heteroatoms. The summed E-state index contributed by atoms with van der Waals surface area (Å²) in [5.74, 6) is 1.50. The summed E-state index contributed by atoms with van der Waals surface area (Å²) in [7, 11) is 0. The molecule has 1 amide bonds. The number of rotatable bonds is 7. The van der Waals surface area contributed by atoms with Crippen LogP contribution in [-0.4, -0.2) is 59.0 Å². The Morgan fingerprint density at radius 2 is 1.75 bits per heavy atom. The second-order valence-electron chi connectivity index (χ2n) is 11.7. The Morgan fingerprint density at radius 3 is 2.35 bits per heavy atom. The number of aromatic nitrogens is 1. The molecule has 2 aliphatic rings. The fourth-order valence-electron chi connectivity index (χ4n) is 5.14. The van der Waals surface area contributed by atoms with Gasteiger partial charge in [0.2, 0.25) is 11.8 Å². The van der Waals surface area contributed by atoms with Gasteiger partial charge in [-0.1, -0.05) is 26.8 Å². The summed E-state index contributed by atoms with van der Waals surface area (Å²) in [6, 6.07) is 8.57. The van der Waals surface area contributed by atoms with Gasteiger partial charge in [-0.2, -0.15) is 18.2 Å². The molecule has 1 N–H and O–H groups in total. The number of nitro benzene ring substituents is 1. The maximum Gasteiger partial charge on any atom is 0.423 e. The van der Waals surface area contributed by atoms with Crippen molar-refractivity contribution in [3.8, 4) is 5.88 Å². The summed E-state index contributed by atoms with van der Waals surface area (Å²) >= 11 is 0. The number of benzene rings is 1. The van der Waals surface area contributed by atoms with E-state index in [1.54, 1.807) is 0 Å². The van der Waals surface area contributed by atoms with Crippen molar-refractivity contribution in [2.75, 3.05) is 36.4 Å². The molecule has 0 atom stereocenters. The summed E-state index contributed by atoms with van der Waals surface area (Å²) in [5, 5.41) is 14.1. The summed E-state index contributed by atoms with van der Waals surface area (Å²) < 4.78 is 46.1. The summed E-state index contributed by atoms with van der Waals surface area (Å²) in [5.41, 5.74) is -2.06. The minimum absolute atomic E-state index is 0.0436. The Balaban J connectivity index is 1.28. The van der Waals surface area contributed by atoms with Gasteiger partial charge in [0.25, 0.3) is 5.69 Å². The average molecular weight is 564 g/mol. The number of hydrogen-bond acceptors (Lipinski definition) is 7. The number of amides is 1. The normalized spacial score (nSPS) is 20.2. The molecule has 0 bridgehead atoms. The van der Waals surface area contributed by atoms with Crippen molar-refractivity contribution in [2.24, 2.45) is 5.41 Å². The Morgan fingerprint density at radius 1 is 1.07 bits per heavy atom. The first-order valence-corrected chi connectivity index (χ1v) is 13.6. The predicted molar refractivity (Wildman–Crippen MR) is 145 cm³/mol. The van der Waals surface area contributed by atoms with Crippen LogP contribution in [0.4, 0.5) is 30.4 Å². The zero-order chi connectivity index (χ0) is 29.1. The van der Waals surface area contributed by atoms with Gasteiger partial charge in [-0.15, -0.1) is 0 Å². The van der Waals surface area contributed by atoms with Crippen molar-refractivity contribution in [3.05, 3.63) is 52.1 Å². The van der Waals surface area contributed by atoms with Crippen molar-refractivity contribution in [1.29, 1.82) is 0 Å². The van der Waals surface area contributed by atoms with Crippen LogP contribution in [0.15, 0.2) is 36.4 Å². The van der Waals surface area contributed by atoms with Crippen LogP contribution in [0.3, 0.4) is 0 Å². The predicted octanol–water partition coefficient (Wildman–Crippen LogP) is 5.90. The van der Waals surface area contributed by atoms with Gasteiger partial charge in [0, 0.05) is 56.5 Å². The highest BCUT2D eigenvalue weighted by atomic mass is 19.4. The third-order valence-corrected chi connectivity index (χ3v) is 7.18. The van der Waals surface area contributed by atoms with Crippen molar-refractivity contribution >= 4 is 23.1 Å². The molecule has 0 unspecified atom stereocenters. The first-order chi connectivity index (χ1) is 18.8. The van der Waals surface area contributed by atoms with E-state index in [0.29, 0.717) is 64.2 Å². The van der Waals surface area contributed by atoms with Gasteiger partial charge in [0.1, 0.15) is 17.5 Å². The first kappa shape index (κ1) is 29.4. The highest BCUT2D eigenvalue weighted by Crippen LogP contribution is 2.38. The molecule has 1 aromatic heterocycles. The van der Waals surface area contributed by atoms with Gasteiger partial charge in [-0.05, 0) is 49.3 Å². The highest BCUT2D eigenvalue weighted by molar-refractivity contribution is 5.77. The van der Waals surface area contributed by atoms with Crippen LogP contribution in [0.1, 0.15) is 58.4 Å². The van der Waals surface area contributed by atoms with E-state index in [0.717, 1.165) is 18.0 Å². The Kier molecular flexibility index (Phi) is 8.74. The number of pyridine rings is 1. The van der Waals surface area contributed by atoms with Crippen LogP contribution in [0.2, 0.25) is 0 Å². The van der Waals surface area contributed by atoms with Crippen LogP contribution in [0.25, 0.3) is 0 Å². The van der Waals surface area contributed by atoms with Crippen molar-refractivity contribution in [2.45, 2.75) is 71.2 Å². The smallest absolute Gasteiger partial charge is 0.423 e. The fourth-order valence-corrected chi connectivity index (χ4v) is 5.14. The van der Waals surface area contributed by atoms with E-state index in [2.05, 4.69) is 36.0 Å². The molecule has 218 valence electrons. The molecule has 0 radical (unpaired) electrons. The molecular weight excluding hydrogens is 527 g/mol. The van der Waals surface area contributed by atoms with E-state index in [9.17, 15) is 28.1 Å². The van der Waals surface area contributed by atoms with Crippen LogP contribution < -0.4 is 15.0 Å². The topological polar surface area (TPSA) is 101 Å². The number of carbonyl (C=O) groups excluding carboxylic acids is 1. The number of alkyl halides is 3. The fraction of sp³-hybridized carbons (Fsp3) is 0.571. The third kappa shape index (κ3) is 7.76. The van der Waals surface area contributed by atoms with Gasteiger partial charge in [-0.25, -0.2) is 0 Å². The van der Waals surface area contributed by atoms with Gasteiger partial charge >= 0.3 is 6.18 Å². The van der Waals surface area contributed by atoms with E-state index in [4.69, 9.17) is 4.74 Å². The van der Waals surface area contributed by atoms with E-state index in [1.807, 2.05) is 23.1 Å². The SMILES string of the molecule is CC(C)(C)CC(=O)N1CCN(c2cccc(OC3CCC(Nc4ccc([N+](=O)[O-])c(C(F)(F)F)c4)CC3)n2)CC1. The number of piperazine rings is 1. The van der Waals surface area contributed by atoms with Crippen LogP contribution in [0.5, 0.6) is 5.88 Å². The van der Waals surface area contributed by atoms with Crippen molar-refractivity contribution < 1.29 is 27.6 Å². The number of halogens is 3. The molecule has 40 heavy (non-hydrogen) atoms. The standard InChI is InChI=1S/C28H36F3N5O4/c1-27(2,3)18-26(37)35-15-13-34(14-16-35)24-5-4-6-25(33-24)40-21-10-7-19(8-11-21)32-20-9-12-23(36(38)39)22(17-20)28(29,30)31/h4-6,9,12,17,19,21,32H,7-8,10-11,13-16,18H2,1-3H3. The molecule has 1 aliphatic carbocycles. The minimum atomic E-state index is -4.82. The number of carbonyl (C=O) groups is 1. The Labute approximate surface area is 231 Å². The lowest BCUT2D eigenvalue weighted by molar-refractivity contribution is -0.388. The second-order valence-corrected chi connectivity index (χ2v) is 11.7. The molecule has 1 saturated carbocycles. The van der Waals surface area contributed by atoms with Crippen LogP contribution in [0, 0.1) is 15.5 Å².